The Morgan fingerprint density at radius 3 is 2.20 bits per heavy atom. The first kappa shape index (κ1) is 7.76. The van der Waals surface area contributed by atoms with Crippen LogP contribution in [0.3, 0.4) is 0 Å². The highest BCUT2D eigenvalue weighted by Gasteiger charge is 1.95. The molecule has 0 spiro atoms. The summed E-state index contributed by atoms with van der Waals surface area (Å²) in [4.78, 5) is 0.660. The lowest BCUT2D eigenvalue weighted by atomic mass is 10.2. The molecule has 1 aromatic carbocycles. The quantitative estimate of drug-likeness (QED) is 0.597. The average Bonchev–Trinajstić information content (AvgIpc) is 1.88. The Morgan fingerprint density at radius 1 is 1.30 bits per heavy atom. The first-order valence-electron chi connectivity index (χ1n) is 2.85. The summed E-state index contributed by atoms with van der Waals surface area (Å²) in [7, 11) is 3.96. The van der Waals surface area contributed by atoms with E-state index < -0.39 is 10.0 Å². The maximum absolute atomic E-state index is 10.6. The van der Waals surface area contributed by atoms with E-state index in [0.717, 1.165) is 5.56 Å². The predicted molar refractivity (Wildman–Crippen MR) is 43.4 cm³/mol. The molecule has 0 saturated carbocycles. The van der Waals surface area contributed by atoms with Gasteiger partial charge in [-0.15, -0.1) is 0 Å². The maximum atomic E-state index is 10.6. The molecule has 1 aromatic rings. The Balaban J connectivity index is 3.00. The summed E-state index contributed by atoms with van der Waals surface area (Å²) < 4.78 is 10.6. The van der Waals surface area contributed by atoms with Gasteiger partial charge in [-0.2, -0.15) is 0 Å². The summed E-state index contributed by atoms with van der Waals surface area (Å²) >= 11 is 0. The van der Waals surface area contributed by atoms with Crippen molar-refractivity contribution in [1.29, 1.82) is 0 Å². The molecule has 1 atom stereocenters. The fourth-order valence-electron chi connectivity index (χ4n) is 0.645. The van der Waals surface area contributed by atoms with Crippen LogP contribution in [0, 0.1) is 6.92 Å². The van der Waals surface area contributed by atoms with Gasteiger partial charge in [0, 0.05) is 0 Å². The number of hydrogen-bond acceptors (Lipinski definition) is 1. The fraction of sp³-hybridized carbons (Fsp3) is 0.143. The maximum Gasteiger partial charge on any atom is 0.147 e. The van der Waals surface area contributed by atoms with Crippen LogP contribution in [0.25, 0.3) is 0 Å². The first-order valence-corrected chi connectivity index (χ1v) is 4.82. The number of hydrogen-bond donors (Lipinski definition) is 0. The summed E-state index contributed by atoms with van der Waals surface area (Å²) in [6, 6.07) is 7.29. The molecule has 1 unspecified atom stereocenters. The van der Waals surface area contributed by atoms with E-state index in [9.17, 15) is 4.21 Å². The van der Waals surface area contributed by atoms with E-state index in [1.165, 1.54) is 0 Å². The summed E-state index contributed by atoms with van der Waals surface area (Å²) in [5, 5.41) is 0. The van der Waals surface area contributed by atoms with Gasteiger partial charge in [0.05, 0.1) is 4.90 Å². The molecule has 0 aliphatic heterocycles. The van der Waals surface area contributed by atoms with E-state index in [2.05, 4.69) is 0 Å². The van der Waals surface area contributed by atoms with Gasteiger partial charge in [-0.3, -0.25) is 0 Å². The van der Waals surface area contributed by atoms with Crippen molar-refractivity contribution in [2.75, 3.05) is 0 Å². The van der Waals surface area contributed by atoms with Crippen LogP contribution < -0.4 is 0 Å². The van der Waals surface area contributed by atoms with Crippen molar-refractivity contribution in [3.63, 3.8) is 0 Å². The van der Waals surface area contributed by atoms with Crippen molar-refractivity contribution in [2.24, 2.45) is 0 Å². The largest absolute Gasteiger partial charge is 0.237 e. The summed E-state index contributed by atoms with van der Waals surface area (Å²) in [5.74, 6) is 0. The molecule has 10 heavy (non-hydrogen) atoms. The molecular formula is C7H7ClOS. The van der Waals surface area contributed by atoms with Gasteiger partial charge < -0.3 is 0 Å². The van der Waals surface area contributed by atoms with Crippen LogP contribution in [0.2, 0.25) is 0 Å². The number of halogens is 1. The number of rotatable bonds is 1. The molecular weight excluding hydrogens is 168 g/mol. The molecule has 3 heteroatoms. The highest BCUT2D eigenvalue weighted by atomic mass is 35.7. The molecule has 0 aliphatic rings. The van der Waals surface area contributed by atoms with Gasteiger partial charge in [0.1, 0.15) is 10.0 Å². The Kier molecular flexibility index (Phi) is 2.46. The molecule has 0 amide bonds. The van der Waals surface area contributed by atoms with Crippen molar-refractivity contribution in [2.45, 2.75) is 11.8 Å². The monoisotopic (exact) mass is 174 g/mol. The van der Waals surface area contributed by atoms with Crippen LogP contribution in [-0.2, 0) is 10.0 Å². The second-order valence-electron chi connectivity index (χ2n) is 2.04. The third-order valence-electron chi connectivity index (χ3n) is 1.21. The topological polar surface area (TPSA) is 17.1 Å². The molecule has 54 valence electrons. The molecule has 1 nitrogen and oxygen atoms in total. The molecule has 0 saturated heterocycles. The molecule has 0 radical (unpaired) electrons. The molecule has 0 bridgehead atoms. The zero-order valence-electron chi connectivity index (χ0n) is 5.50. The standard InChI is InChI=1S/C7H7ClOS/c1-6-2-4-7(5-3-6)10(8)9/h2-5H,1H3. The molecule has 0 N–H and O–H groups in total. The van der Waals surface area contributed by atoms with Crippen LogP contribution in [0.5, 0.6) is 0 Å². The van der Waals surface area contributed by atoms with Crippen molar-refractivity contribution in [1.82, 2.24) is 0 Å². The van der Waals surface area contributed by atoms with Crippen molar-refractivity contribution in [3.05, 3.63) is 29.8 Å². The molecule has 1 rings (SSSR count). The molecule has 0 aliphatic carbocycles. The van der Waals surface area contributed by atoms with Crippen LogP contribution in [0.4, 0.5) is 0 Å². The van der Waals surface area contributed by atoms with Gasteiger partial charge in [0.2, 0.25) is 0 Å². The predicted octanol–water partition coefficient (Wildman–Crippen LogP) is 2.26. The normalized spacial score (nSPS) is 13.0. The third kappa shape index (κ3) is 1.82. The van der Waals surface area contributed by atoms with Gasteiger partial charge in [0.25, 0.3) is 0 Å². The second-order valence-corrected chi connectivity index (χ2v) is 3.80. The smallest absolute Gasteiger partial charge is 0.147 e. The Morgan fingerprint density at radius 2 is 1.80 bits per heavy atom. The Hall–Kier alpha value is -0.340. The first-order chi connectivity index (χ1) is 4.70. The van der Waals surface area contributed by atoms with E-state index in [4.69, 9.17) is 10.7 Å². The van der Waals surface area contributed by atoms with E-state index in [1.54, 1.807) is 12.1 Å². The van der Waals surface area contributed by atoms with Gasteiger partial charge in [0.15, 0.2) is 0 Å². The van der Waals surface area contributed by atoms with E-state index in [-0.39, 0.29) is 0 Å². The van der Waals surface area contributed by atoms with E-state index >= 15 is 0 Å². The van der Waals surface area contributed by atoms with E-state index in [0.29, 0.717) is 4.90 Å². The zero-order valence-corrected chi connectivity index (χ0v) is 7.08. The lowest BCUT2D eigenvalue weighted by Gasteiger charge is -1.93. The van der Waals surface area contributed by atoms with Crippen LogP contribution in [-0.4, -0.2) is 4.21 Å². The SMILES string of the molecule is Cc1ccc(S(=O)Cl)cc1. The fourth-order valence-corrected chi connectivity index (χ4v) is 1.30. The molecule has 0 heterocycles. The molecule has 0 aromatic heterocycles. The minimum Gasteiger partial charge on any atom is -0.237 e. The lowest BCUT2D eigenvalue weighted by molar-refractivity contribution is 0.691. The highest BCUT2D eigenvalue weighted by Crippen LogP contribution is 2.10. The zero-order chi connectivity index (χ0) is 7.56. The van der Waals surface area contributed by atoms with Crippen molar-refractivity contribution in [3.8, 4) is 0 Å². The Labute approximate surface area is 67.0 Å². The number of benzene rings is 1. The third-order valence-corrected chi connectivity index (χ3v) is 2.38. The minimum atomic E-state index is -1.36. The van der Waals surface area contributed by atoms with Crippen LogP contribution >= 0.6 is 10.7 Å². The summed E-state index contributed by atoms with van der Waals surface area (Å²) in [6.07, 6.45) is 0. The number of aryl methyl sites for hydroxylation is 1. The summed E-state index contributed by atoms with van der Waals surface area (Å²) in [5.41, 5.74) is 1.14. The molecule has 0 fully saturated rings. The van der Waals surface area contributed by atoms with Crippen LogP contribution in [0.15, 0.2) is 29.2 Å². The van der Waals surface area contributed by atoms with Gasteiger partial charge in [-0.1, -0.05) is 17.7 Å². The average molecular weight is 175 g/mol. The second kappa shape index (κ2) is 3.17. The van der Waals surface area contributed by atoms with Crippen LogP contribution in [0.1, 0.15) is 5.56 Å². The van der Waals surface area contributed by atoms with Crippen molar-refractivity contribution >= 4 is 20.7 Å². The minimum absolute atomic E-state index is 0.660. The Bertz CT molecular complexity index is 242. The van der Waals surface area contributed by atoms with Gasteiger partial charge >= 0.3 is 0 Å². The highest BCUT2D eigenvalue weighted by molar-refractivity contribution is 8.08. The van der Waals surface area contributed by atoms with Gasteiger partial charge in [-0.05, 0) is 29.7 Å². The van der Waals surface area contributed by atoms with E-state index in [1.807, 2.05) is 19.1 Å². The lowest BCUT2D eigenvalue weighted by Crippen LogP contribution is -1.80. The summed E-state index contributed by atoms with van der Waals surface area (Å²) in [6.45, 7) is 1.97. The van der Waals surface area contributed by atoms with Gasteiger partial charge in [-0.25, -0.2) is 4.21 Å². The van der Waals surface area contributed by atoms with Crippen molar-refractivity contribution < 1.29 is 4.21 Å².